The number of furan rings is 1. The van der Waals surface area contributed by atoms with E-state index in [0.29, 0.717) is 12.3 Å². The number of aromatic nitrogens is 2. The Bertz CT molecular complexity index is 429. The first-order chi connectivity index (χ1) is 7.38. The second-order valence-electron chi connectivity index (χ2n) is 3.11. The fraction of sp³-hybridized carbons (Fsp3) is 0.182. The van der Waals surface area contributed by atoms with Crippen LogP contribution >= 0.6 is 0 Å². The zero-order valence-electron chi connectivity index (χ0n) is 8.17. The monoisotopic (exact) mass is 203 g/mol. The van der Waals surface area contributed by atoms with Gasteiger partial charge in [0.2, 0.25) is 0 Å². The van der Waals surface area contributed by atoms with Crippen molar-refractivity contribution >= 4 is 6.08 Å². The topological polar surface area (TPSA) is 50.9 Å². The summed E-state index contributed by atoms with van der Waals surface area (Å²) in [5, 5.41) is 10.2. The van der Waals surface area contributed by atoms with Gasteiger partial charge >= 0.3 is 0 Å². The smallest absolute Gasteiger partial charge is 0.126 e. The molecule has 0 unspecified atom stereocenters. The Morgan fingerprint density at radius 3 is 3.13 bits per heavy atom. The van der Waals surface area contributed by atoms with E-state index in [0.717, 1.165) is 5.76 Å². The maximum absolute atomic E-state index is 10.2. The molecule has 0 N–H and O–H groups in total. The zero-order valence-corrected chi connectivity index (χ0v) is 8.17. The van der Waals surface area contributed by atoms with Crippen molar-refractivity contribution in [2.24, 2.45) is 0 Å². The van der Waals surface area contributed by atoms with Gasteiger partial charge in [-0.15, -0.1) is 0 Å². The lowest BCUT2D eigenvalue weighted by molar-refractivity contribution is 0.233. The molecule has 2 rings (SSSR count). The van der Waals surface area contributed by atoms with Crippen LogP contribution in [0.5, 0.6) is 0 Å². The van der Waals surface area contributed by atoms with Gasteiger partial charge in [0.25, 0.3) is 0 Å². The summed E-state index contributed by atoms with van der Waals surface area (Å²) in [5.74, 6) is 1.56. The van der Waals surface area contributed by atoms with E-state index in [1.807, 2.05) is 22.9 Å². The van der Waals surface area contributed by atoms with Crippen LogP contribution in [0, 0.1) is 0 Å². The van der Waals surface area contributed by atoms with Crippen LogP contribution in [0.1, 0.15) is 11.5 Å². The summed E-state index contributed by atoms with van der Waals surface area (Å²) in [4.78, 5) is 3.94. The summed E-state index contributed by atoms with van der Waals surface area (Å²) in [6.07, 6.45) is 8.54. The molecule has 1 radical (unpaired) electrons. The van der Waals surface area contributed by atoms with Crippen molar-refractivity contribution in [2.45, 2.75) is 6.54 Å². The summed E-state index contributed by atoms with van der Waals surface area (Å²) in [6.45, 7) is 0.433. The number of imidazole rings is 1. The SMILES string of the molecule is [O]CC=Cc1ccc(Cn2ccnc2)o1. The van der Waals surface area contributed by atoms with Crippen LogP contribution in [0.3, 0.4) is 0 Å². The third-order valence-corrected chi connectivity index (χ3v) is 1.96. The van der Waals surface area contributed by atoms with E-state index in [4.69, 9.17) is 4.42 Å². The minimum Gasteiger partial charge on any atom is -0.460 e. The predicted molar refractivity (Wildman–Crippen MR) is 54.6 cm³/mol. The van der Waals surface area contributed by atoms with Gasteiger partial charge in [0, 0.05) is 12.4 Å². The lowest BCUT2D eigenvalue weighted by Gasteiger charge is -1.96. The van der Waals surface area contributed by atoms with E-state index in [1.165, 1.54) is 6.08 Å². The van der Waals surface area contributed by atoms with Gasteiger partial charge in [0.15, 0.2) is 0 Å². The number of rotatable bonds is 4. The summed E-state index contributed by atoms with van der Waals surface area (Å²) < 4.78 is 7.40. The van der Waals surface area contributed by atoms with E-state index in [-0.39, 0.29) is 6.61 Å². The Hall–Kier alpha value is -1.81. The summed E-state index contributed by atoms with van der Waals surface area (Å²) in [6, 6.07) is 3.74. The zero-order chi connectivity index (χ0) is 10.5. The van der Waals surface area contributed by atoms with E-state index in [1.54, 1.807) is 18.6 Å². The summed E-state index contributed by atoms with van der Waals surface area (Å²) in [5.41, 5.74) is 0. The Morgan fingerprint density at radius 2 is 2.40 bits per heavy atom. The second kappa shape index (κ2) is 4.61. The van der Waals surface area contributed by atoms with Gasteiger partial charge in [-0.3, -0.25) is 0 Å². The highest BCUT2D eigenvalue weighted by molar-refractivity contribution is 5.42. The lowest BCUT2D eigenvalue weighted by atomic mass is 10.4. The Balaban J connectivity index is 2.04. The average Bonchev–Trinajstić information content (AvgIpc) is 2.87. The first kappa shape index (κ1) is 9.73. The van der Waals surface area contributed by atoms with Gasteiger partial charge in [0.05, 0.1) is 12.9 Å². The molecule has 0 saturated heterocycles. The first-order valence-electron chi connectivity index (χ1n) is 4.67. The minimum absolute atomic E-state index is 0.225. The van der Waals surface area contributed by atoms with Gasteiger partial charge in [0.1, 0.15) is 18.1 Å². The van der Waals surface area contributed by atoms with Gasteiger partial charge < -0.3 is 8.98 Å². The highest BCUT2D eigenvalue weighted by Gasteiger charge is 1.99. The molecule has 0 saturated carbocycles. The van der Waals surface area contributed by atoms with Crippen LogP contribution in [0.4, 0.5) is 0 Å². The molecule has 4 nitrogen and oxygen atoms in total. The highest BCUT2D eigenvalue weighted by atomic mass is 16.3. The van der Waals surface area contributed by atoms with Crippen LogP contribution in [-0.4, -0.2) is 16.2 Å². The van der Waals surface area contributed by atoms with E-state index < -0.39 is 0 Å². The van der Waals surface area contributed by atoms with Crippen molar-refractivity contribution in [3.05, 3.63) is 48.5 Å². The van der Waals surface area contributed by atoms with Crippen molar-refractivity contribution < 1.29 is 9.52 Å². The molecule has 0 bridgehead atoms. The molecular weight excluding hydrogens is 192 g/mol. The van der Waals surface area contributed by atoms with Crippen molar-refractivity contribution in [1.82, 2.24) is 9.55 Å². The molecule has 2 aromatic heterocycles. The van der Waals surface area contributed by atoms with Crippen LogP contribution in [0.2, 0.25) is 0 Å². The van der Waals surface area contributed by atoms with E-state index >= 15 is 0 Å². The van der Waals surface area contributed by atoms with Gasteiger partial charge in [-0.2, -0.15) is 0 Å². The molecule has 0 amide bonds. The molecule has 2 heterocycles. The first-order valence-corrected chi connectivity index (χ1v) is 4.67. The van der Waals surface area contributed by atoms with Crippen LogP contribution in [-0.2, 0) is 11.7 Å². The average molecular weight is 203 g/mol. The van der Waals surface area contributed by atoms with Crippen molar-refractivity contribution in [3.63, 3.8) is 0 Å². The fourth-order valence-corrected chi connectivity index (χ4v) is 1.29. The maximum Gasteiger partial charge on any atom is 0.126 e. The molecule has 0 spiro atoms. The molecule has 0 aliphatic rings. The number of hydrogen-bond acceptors (Lipinski definition) is 2. The van der Waals surface area contributed by atoms with Crippen LogP contribution in [0.25, 0.3) is 6.08 Å². The molecule has 15 heavy (non-hydrogen) atoms. The Kier molecular flexibility index (Phi) is 2.99. The standard InChI is InChI=1S/C11H11N2O2/c14-7-1-2-10-3-4-11(15-10)8-13-6-5-12-9-13/h1-6,9H,7-8H2. The van der Waals surface area contributed by atoms with Gasteiger partial charge in [-0.05, 0) is 18.2 Å². The van der Waals surface area contributed by atoms with Crippen molar-refractivity contribution in [1.29, 1.82) is 0 Å². The van der Waals surface area contributed by atoms with Gasteiger partial charge in [-0.1, -0.05) is 6.08 Å². The predicted octanol–water partition coefficient (Wildman–Crippen LogP) is 1.97. The second-order valence-corrected chi connectivity index (χ2v) is 3.11. The molecular formula is C11H11N2O2. The quantitative estimate of drug-likeness (QED) is 0.762. The fourth-order valence-electron chi connectivity index (χ4n) is 1.29. The normalized spacial score (nSPS) is 11.3. The molecule has 77 valence electrons. The summed E-state index contributed by atoms with van der Waals surface area (Å²) in [7, 11) is 0. The van der Waals surface area contributed by atoms with Crippen LogP contribution in [0.15, 0.2) is 41.3 Å². The minimum atomic E-state index is -0.225. The molecule has 2 aromatic rings. The molecule has 0 fully saturated rings. The Labute approximate surface area is 87.5 Å². The van der Waals surface area contributed by atoms with Crippen LogP contribution < -0.4 is 0 Å². The molecule has 0 aromatic carbocycles. The molecule has 0 atom stereocenters. The number of nitrogens with zero attached hydrogens (tertiary/aromatic N) is 2. The maximum atomic E-state index is 10.2. The molecule has 0 aliphatic carbocycles. The number of hydrogen-bond donors (Lipinski definition) is 0. The van der Waals surface area contributed by atoms with Crippen molar-refractivity contribution in [2.75, 3.05) is 6.61 Å². The highest BCUT2D eigenvalue weighted by Crippen LogP contribution is 2.10. The van der Waals surface area contributed by atoms with E-state index in [9.17, 15) is 5.11 Å². The largest absolute Gasteiger partial charge is 0.460 e. The van der Waals surface area contributed by atoms with E-state index in [2.05, 4.69) is 4.98 Å². The molecule has 4 heteroatoms. The lowest BCUT2D eigenvalue weighted by Crippen LogP contribution is -1.93. The van der Waals surface area contributed by atoms with Gasteiger partial charge in [-0.25, -0.2) is 10.1 Å². The summed E-state index contributed by atoms with van der Waals surface area (Å²) >= 11 is 0. The Morgan fingerprint density at radius 1 is 1.47 bits per heavy atom. The third-order valence-electron chi connectivity index (χ3n) is 1.96. The molecule has 0 aliphatic heterocycles. The van der Waals surface area contributed by atoms with Crippen molar-refractivity contribution in [3.8, 4) is 0 Å². The third kappa shape index (κ3) is 2.57.